The minimum absolute atomic E-state index is 0.321. The van der Waals surface area contributed by atoms with E-state index >= 15 is 0 Å². The summed E-state index contributed by atoms with van der Waals surface area (Å²) in [6.45, 7) is 6.83. The molecule has 0 unspecified atom stereocenters. The highest BCUT2D eigenvalue weighted by molar-refractivity contribution is 5.36. The maximum absolute atomic E-state index is 4.92. The summed E-state index contributed by atoms with van der Waals surface area (Å²) in [6.07, 6.45) is 2.08. The Hall–Kier alpha value is -1.98. The van der Waals surface area contributed by atoms with Gasteiger partial charge in [0, 0.05) is 30.6 Å². The summed E-state index contributed by atoms with van der Waals surface area (Å²) >= 11 is 0. The van der Waals surface area contributed by atoms with Gasteiger partial charge in [0.05, 0.1) is 0 Å². The highest BCUT2D eigenvalue weighted by Gasteiger charge is 2.06. The van der Waals surface area contributed by atoms with Gasteiger partial charge in [-0.3, -0.25) is 0 Å². The summed E-state index contributed by atoms with van der Waals surface area (Å²) in [5.74, 6) is 2.64. The predicted molar refractivity (Wildman–Crippen MR) is 67.3 cm³/mol. The van der Waals surface area contributed by atoms with E-state index in [0.29, 0.717) is 24.8 Å². The molecule has 0 amide bonds. The molecule has 0 aliphatic carbocycles. The van der Waals surface area contributed by atoms with E-state index in [9.17, 15) is 0 Å². The van der Waals surface area contributed by atoms with Gasteiger partial charge in [-0.1, -0.05) is 19.0 Å². The monoisotopic (exact) mass is 247 g/mol. The normalized spacial score (nSPS) is 10.9. The van der Waals surface area contributed by atoms with Crippen LogP contribution < -0.4 is 5.32 Å². The SMILES string of the molecule is Cc1cc(NCCc2ncno2)nc(C(C)C)n1. The molecule has 0 saturated carbocycles. The van der Waals surface area contributed by atoms with E-state index in [1.165, 1.54) is 6.33 Å². The third-order valence-corrected chi connectivity index (χ3v) is 2.44. The fraction of sp³-hybridized carbons (Fsp3) is 0.500. The van der Waals surface area contributed by atoms with Crippen molar-refractivity contribution >= 4 is 5.82 Å². The van der Waals surface area contributed by atoms with Crippen molar-refractivity contribution in [2.45, 2.75) is 33.1 Å². The first kappa shape index (κ1) is 12.5. The minimum atomic E-state index is 0.321. The first-order valence-corrected chi connectivity index (χ1v) is 6.00. The van der Waals surface area contributed by atoms with E-state index < -0.39 is 0 Å². The Labute approximate surface area is 106 Å². The van der Waals surface area contributed by atoms with Crippen molar-refractivity contribution in [3.8, 4) is 0 Å². The molecule has 2 aromatic rings. The van der Waals surface area contributed by atoms with Crippen molar-refractivity contribution in [2.75, 3.05) is 11.9 Å². The predicted octanol–water partition coefficient (Wildman–Crippen LogP) is 1.95. The fourth-order valence-electron chi connectivity index (χ4n) is 1.54. The molecule has 0 aromatic carbocycles. The zero-order valence-corrected chi connectivity index (χ0v) is 10.8. The maximum Gasteiger partial charge on any atom is 0.228 e. The van der Waals surface area contributed by atoms with E-state index in [-0.39, 0.29) is 0 Å². The number of anilines is 1. The van der Waals surface area contributed by atoms with Gasteiger partial charge in [-0.2, -0.15) is 4.98 Å². The number of rotatable bonds is 5. The van der Waals surface area contributed by atoms with Crippen LogP contribution in [0.4, 0.5) is 5.82 Å². The molecule has 2 aromatic heterocycles. The van der Waals surface area contributed by atoms with Crippen LogP contribution >= 0.6 is 0 Å². The summed E-state index contributed by atoms with van der Waals surface area (Å²) in [7, 11) is 0. The molecule has 18 heavy (non-hydrogen) atoms. The molecule has 2 rings (SSSR count). The smallest absolute Gasteiger partial charge is 0.228 e. The van der Waals surface area contributed by atoms with Crippen molar-refractivity contribution in [1.29, 1.82) is 0 Å². The third-order valence-electron chi connectivity index (χ3n) is 2.44. The lowest BCUT2D eigenvalue weighted by Gasteiger charge is -2.09. The number of nitrogens with one attached hydrogen (secondary N) is 1. The Bertz CT molecular complexity index is 495. The van der Waals surface area contributed by atoms with E-state index in [4.69, 9.17) is 4.52 Å². The maximum atomic E-state index is 4.92. The molecule has 6 nitrogen and oxygen atoms in total. The summed E-state index contributed by atoms with van der Waals surface area (Å²) in [5, 5.41) is 6.80. The van der Waals surface area contributed by atoms with Gasteiger partial charge in [0.1, 0.15) is 11.6 Å². The van der Waals surface area contributed by atoms with Crippen molar-refractivity contribution in [3.05, 3.63) is 29.8 Å². The first-order valence-electron chi connectivity index (χ1n) is 6.00. The molecule has 0 atom stereocenters. The highest BCUT2D eigenvalue weighted by Crippen LogP contribution is 2.13. The molecule has 0 saturated heterocycles. The molecule has 96 valence electrons. The standard InChI is InChI=1S/C12H17N5O/c1-8(2)12-16-9(3)6-10(17-12)13-5-4-11-14-7-15-18-11/h6-8H,4-5H2,1-3H3,(H,13,16,17). The van der Waals surface area contributed by atoms with Crippen LogP contribution in [-0.4, -0.2) is 26.7 Å². The lowest BCUT2D eigenvalue weighted by molar-refractivity contribution is 0.379. The second-order valence-corrected chi connectivity index (χ2v) is 4.42. The number of aryl methyl sites for hydroxylation is 1. The van der Waals surface area contributed by atoms with Crippen molar-refractivity contribution in [1.82, 2.24) is 20.1 Å². The van der Waals surface area contributed by atoms with E-state index in [0.717, 1.165) is 17.3 Å². The number of hydrogen-bond donors (Lipinski definition) is 1. The Kier molecular flexibility index (Phi) is 3.86. The van der Waals surface area contributed by atoms with Crippen LogP contribution in [0.3, 0.4) is 0 Å². The number of nitrogens with zero attached hydrogens (tertiary/aromatic N) is 4. The summed E-state index contributed by atoms with van der Waals surface area (Å²) < 4.78 is 4.92. The average Bonchev–Trinajstić information content (AvgIpc) is 2.81. The summed E-state index contributed by atoms with van der Waals surface area (Å²) in [6, 6.07) is 1.93. The highest BCUT2D eigenvalue weighted by atomic mass is 16.5. The zero-order chi connectivity index (χ0) is 13.0. The number of hydrogen-bond acceptors (Lipinski definition) is 6. The Morgan fingerprint density at radius 2 is 2.17 bits per heavy atom. The molecule has 0 fully saturated rings. The Balaban J connectivity index is 1.96. The van der Waals surface area contributed by atoms with Gasteiger partial charge in [-0.25, -0.2) is 9.97 Å². The lowest BCUT2D eigenvalue weighted by atomic mass is 10.2. The van der Waals surface area contributed by atoms with Gasteiger partial charge in [0.15, 0.2) is 6.33 Å². The molecule has 0 bridgehead atoms. The van der Waals surface area contributed by atoms with Crippen molar-refractivity contribution in [3.63, 3.8) is 0 Å². The topological polar surface area (TPSA) is 76.7 Å². The molecule has 0 spiro atoms. The largest absolute Gasteiger partial charge is 0.369 e. The van der Waals surface area contributed by atoms with Crippen LogP contribution in [0.25, 0.3) is 0 Å². The molecular weight excluding hydrogens is 230 g/mol. The van der Waals surface area contributed by atoms with Gasteiger partial charge in [-0.05, 0) is 6.92 Å². The van der Waals surface area contributed by atoms with Gasteiger partial charge in [0.25, 0.3) is 0 Å². The molecule has 1 N–H and O–H groups in total. The summed E-state index contributed by atoms with van der Waals surface area (Å²) in [4.78, 5) is 12.8. The molecule has 0 radical (unpaired) electrons. The fourth-order valence-corrected chi connectivity index (χ4v) is 1.54. The van der Waals surface area contributed by atoms with E-state index in [1.807, 2.05) is 13.0 Å². The zero-order valence-electron chi connectivity index (χ0n) is 10.8. The van der Waals surface area contributed by atoms with Crippen LogP contribution in [0.5, 0.6) is 0 Å². The molecule has 0 aliphatic heterocycles. The van der Waals surface area contributed by atoms with Gasteiger partial charge >= 0.3 is 0 Å². The summed E-state index contributed by atoms with van der Waals surface area (Å²) in [5.41, 5.74) is 0.967. The van der Waals surface area contributed by atoms with Gasteiger partial charge in [-0.15, -0.1) is 0 Å². The van der Waals surface area contributed by atoms with Crippen LogP contribution in [0.1, 0.15) is 37.2 Å². The Morgan fingerprint density at radius 1 is 1.33 bits per heavy atom. The quantitative estimate of drug-likeness (QED) is 0.870. The third kappa shape index (κ3) is 3.26. The van der Waals surface area contributed by atoms with Crippen LogP contribution in [0.15, 0.2) is 16.9 Å². The van der Waals surface area contributed by atoms with Crippen LogP contribution in [-0.2, 0) is 6.42 Å². The van der Waals surface area contributed by atoms with Gasteiger partial charge < -0.3 is 9.84 Å². The van der Waals surface area contributed by atoms with Crippen LogP contribution in [0.2, 0.25) is 0 Å². The molecular formula is C12H17N5O. The molecule has 2 heterocycles. The van der Waals surface area contributed by atoms with Crippen LogP contribution in [0, 0.1) is 6.92 Å². The van der Waals surface area contributed by atoms with Crippen molar-refractivity contribution in [2.24, 2.45) is 0 Å². The van der Waals surface area contributed by atoms with E-state index in [2.05, 4.69) is 39.3 Å². The Morgan fingerprint density at radius 3 is 2.83 bits per heavy atom. The van der Waals surface area contributed by atoms with E-state index in [1.54, 1.807) is 0 Å². The molecule has 0 aliphatic rings. The minimum Gasteiger partial charge on any atom is -0.369 e. The lowest BCUT2D eigenvalue weighted by Crippen LogP contribution is -2.09. The molecule has 6 heteroatoms. The number of aromatic nitrogens is 4. The second kappa shape index (κ2) is 5.57. The van der Waals surface area contributed by atoms with Crippen molar-refractivity contribution < 1.29 is 4.52 Å². The van der Waals surface area contributed by atoms with Gasteiger partial charge in [0.2, 0.25) is 5.89 Å². The average molecular weight is 247 g/mol. The first-order chi connectivity index (χ1) is 8.65. The second-order valence-electron chi connectivity index (χ2n) is 4.42.